The fourth-order valence-electron chi connectivity index (χ4n) is 0.266. The number of carbonyl (C=O) groups excluding carboxylic acids is 1. The van der Waals surface area contributed by atoms with E-state index in [1.165, 1.54) is 0 Å². The third kappa shape index (κ3) is 5.20. The molecule has 0 saturated carbocycles. The highest BCUT2D eigenvalue weighted by molar-refractivity contribution is 8.11. The Bertz CT molecular complexity index is 177. The minimum atomic E-state index is -2.59. The largest absolute Gasteiger partial charge is 0.305 e. The van der Waals surface area contributed by atoms with E-state index >= 15 is 0 Å². The highest BCUT2D eigenvalue weighted by Gasteiger charge is 2.12. The molecule has 0 aliphatic carbocycles. The van der Waals surface area contributed by atoms with Crippen molar-refractivity contribution in [3.05, 3.63) is 0 Å². The van der Waals surface area contributed by atoms with Gasteiger partial charge >= 0.3 is 0 Å². The first-order valence-corrected chi connectivity index (χ1v) is 5.96. The van der Waals surface area contributed by atoms with Crippen molar-refractivity contribution in [1.29, 1.82) is 0 Å². The van der Waals surface area contributed by atoms with Gasteiger partial charge in [-0.3, -0.25) is 15.8 Å². The number of amides is 1. The zero-order valence-corrected chi connectivity index (χ0v) is 8.05. The van der Waals surface area contributed by atoms with Crippen LogP contribution in [0.25, 0.3) is 0 Å². The second-order valence-corrected chi connectivity index (χ2v) is 6.09. The highest BCUT2D eigenvalue weighted by Crippen LogP contribution is 2.18. The summed E-state index contributed by atoms with van der Waals surface area (Å²) >= 11 is 8.43. The SMILES string of the molecule is CC(S)C(=O)NP(N)(N)=S. The second-order valence-electron chi connectivity index (χ2n) is 1.86. The second kappa shape index (κ2) is 3.69. The van der Waals surface area contributed by atoms with Crippen LogP contribution in [-0.2, 0) is 16.6 Å². The van der Waals surface area contributed by atoms with Crippen molar-refractivity contribution in [1.82, 2.24) is 5.09 Å². The third-order valence-electron chi connectivity index (χ3n) is 0.664. The molecule has 0 bridgehead atoms. The molecule has 1 atom stereocenters. The van der Waals surface area contributed by atoms with Crippen molar-refractivity contribution in [3.8, 4) is 0 Å². The lowest BCUT2D eigenvalue weighted by molar-refractivity contribution is -0.118. The molecule has 0 aliphatic heterocycles. The van der Waals surface area contributed by atoms with Gasteiger partial charge in [0.15, 0.2) is 6.49 Å². The van der Waals surface area contributed by atoms with Crippen LogP contribution in [0.3, 0.4) is 0 Å². The van der Waals surface area contributed by atoms with Gasteiger partial charge in [-0.2, -0.15) is 12.6 Å². The average Bonchev–Trinajstić information content (AvgIpc) is 1.60. The van der Waals surface area contributed by atoms with Gasteiger partial charge in [-0.1, -0.05) is 0 Å². The van der Waals surface area contributed by atoms with Crippen LogP contribution in [0.5, 0.6) is 0 Å². The van der Waals surface area contributed by atoms with Crippen LogP contribution >= 0.6 is 19.1 Å². The summed E-state index contributed by atoms with van der Waals surface area (Å²) in [6.45, 7) is -0.976. The van der Waals surface area contributed by atoms with Crippen LogP contribution in [0.1, 0.15) is 6.92 Å². The van der Waals surface area contributed by atoms with Crippen molar-refractivity contribution in [2.45, 2.75) is 12.2 Å². The molecular weight excluding hydrogens is 189 g/mol. The maximum Gasteiger partial charge on any atom is 0.238 e. The van der Waals surface area contributed by atoms with E-state index in [1.807, 2.05) is 0 Å². The molecule has 1 amide bonds. The number of rotatable bonds is 2. The zero-order chi connectivity index (χ0) is 8.36. The van der Waals surface area contributed by atoms with Gasteiger partial charge in [0.1, 0.15) is 0 Å². The molecule has 4 nitrogen and oxygen atoms in total. The van der Waals surface area contributed by atoms with E-state index in [-0.39, 0.29) is 5.91 Å². The number of hydrogen-bond donors (Lipinski definition) is 4. The van der Waals surface area contributed by atoms with Crippen LogP contribution in [0.15, 0.2) is 0 Å². The first-order valence-electron chi connectivity index (χ1n) is 2.50. The first kappa shape index (κ1) is 10.4. The van der Waals surface area contributed by atoms with Crippen molar-refractivity contribution in [2.75, 3.05) is 0 Å². The number of thiol groups is 1. The Morgan fingerprint density at radius 1 is 1.80 bits per heavy atom. The Labute approximate surface area is 70.3 Å². The molecule has 10 heavy (non-hydrogen) atoms. The van der Waals surface area contributed by atoms with Gasteiger partial charge in [0.25, 0.3) is 0 Å². The zero-order valence-electron chi connectivity index (χ0n) is 5.44. The van der Waals surface area contributed by atoms with Crippen molar-refractivity contribution in [2.24, 2.45) is 11.0 Å². The molecule has 0 aromatic rings. The van der Waals surface area contributed by atoms with E-state index < -0.39 is 11.7 Å². The number of nitrogens with two attached hydrogens (primary N) is 2. The summed E-state index contributed by atoms with van der Waals surface area (Å²) in [7, 11) is 0. The van der Waals surface area contributed by atoms with Gasteiger partial charge in [-0.05, 0) is 18.7 Å². The first-order chi connectivity index (χ1) is 4.33. The van der Waals surface area contributed by atoms with Gasteiger partial charge in [0.2, 0.25) is 5.91 Å². The molecule has 0 aromatic carbocycles. The Kier molecular flexibility index (Phi) is 3.83. The van der Waals surface area contributed by atoms with Gasteiger partial charge < -0.3 is 5.09 Å². The Morgan fingerprint density at radius 3 is 2.30 bits per heavy atom. The molecule has 0 radical (unpaired) electrons. The van der Waals surface area contributed by atoms with Crippen LogP contribution in [0.4, 0.5) is 0 Å². The van der Waals surface area contributed by atoms with Gasteiger partial charge in [-0.25, -0.2) is 0 Å². The van der Waals surface area contributed by atoms with E-state index in [1.54, 1.807) is 6.92 Å². The van der Waals surface area contributed by atoms with Crippen LogP contribution < -0.4 is 16.1 Å². The molecular formula is C3H10N3OPS2. The predicted octanol–water partition coefficient (Wildman–Crippen LogP) is -0.437. The molecule has 0 spiro atoms. The van der Waals surface area contributed by atoms with E-state index in [4.69, 9.17) is 11.0 Å². The molecule has 0 rings (SSSR count). The molecule has 7 heteroatoms. The summed E-state index contributed by atoms with van der Waals surface area (Å²) in [6.07, 6.45) is 0. The topological polar surface area (TPSA) is 81.1 Å². The molecule has 0 fully saturated rings. The van der Waals surface area contributed by atoms with Crippen molar-refractivity contribution < 1.29 is 4.79 Å². The normalized spacial score (nSPS) is 14.4. The summed E-state index contributed by atoms with van der Waals surface area (Å²) < 4.78 is 0. The molecule has 0 heterocycles. The molecule has 1 unspecified atom stereocenters. The molecule has 0 aliphatic rings. The van der Waals surface area contributed by atoms with Crippen LogP contribution in [0, 0.1) is 0 Å². The lowest BCUT2D eigenvalue weighted by atomic mass is 10.5. The summed E-state index contributed by atoms with van der Waals surface area (Å²) in [5.74, 6) is -0.323. The van der Waals surface area contributed by atoms with Crippen LogP contribution in [-0.4, -0.2) is 11.2 Å². The van der Waals surface area contributed by atoms with Crippen molar-refractivity contribution in [3.63, 3.8) is 0 Å². The van der Waals surface area contributed by atoms with Gasteiger partial charge in [0, 0.05) is 0 Å². The molecule has 60 valence electrons. The smallest absolute Gasteiger partial charge is 0.238 e. The van der Waals surface area contributed by atoms with E-state index in [0.717, 1.165) is 0 Å². The molecule has 5 N–H and O–H groups in total. The van der Waals surface area contributed by atoms with Gasteiger partial charge in [0.05, 0.1) is 5.25 Å². The maximum atomic E-state index is 10.8. The van der Waals surface area contributed by atoms with Gasteiger partial charge in [-0.15, -0.1) is 0 Å². The summed E-state index contributed by atoms with van der Waals surface area (Å²) in [6, 6.07) is 0. The Morgan fingerprint density at radius 2 is 2.20 bits per heavy atom. The number of hydrogen-bond acceptors (Lipinski definition) is 3. The third-order valence-corrected chi connectivity index (χ3v) is 1.74. The fraction of sp³-hybridized carbons (Fsp3) is 0.667. The van der Waals surface area contributed by atoms with E-state index in [0.29, 0.717) is 0 Å². The quantitative estimate of drug-likeness (QED) is 0.359. The Balaban J connectivity index is 3.94. The summed E-state index contributed by atoms with van der Waals surface area (Å²) in [5.41, 5.74) is 10.4. The standard InChI is InChI=1S/C3H10N3OPS2/c1-2(9)3(7)6-8(4,5)10/h2,9H,1H3,(H5,4,5,6,7,10). The summed E-state index contributed by atoms with van der Waals surface area (Å²) in [4.78, 5) is 10.8. The number of nitrogens with one attached hydrogen (secondary N) is 1. The minimum Gasteiger partial charge on any atom is -0.305 e. The van der Waals surface area contributed by atoms with Crippen molar-refractivity contribution >= 4 is 36.8 Å². The fourth-order valence-corrected chi connectivity index (χ4v) is 1.24. The van der Waals surface area contributed by atoms with Crippen LogP contribution in [0.2, 0.25) is 0 Å². The lowest BCUT2D eigenvalue weighted by Crippen LogP contribution is -2.32. The highest BCUT2D eigenvalue weighted by atomic mass is 32.4. The molecule has 0 aromatic heterocycles. The molecule has 0 saturated heterocycles. The monoisotopic (exact) mass is 199 g/mol. The summed E-state index contributed by atoms with van der Waals surface area (Å²) in [5, 5.41) is 1.86. The number of carbonyl (C=O) groups is 1. The van der Waals surface area contributed by atoms with E-state index in [2.05, 4.69) is 29.5 Å². The predicted molar refractivity (Wildman–Crippen MR) is 49.3 cm³/mol. The maximum absolute atomic E-state index is 10.8. The average molecular weight is 199 g/mol. The minimum absolute atomic E-state index is 0.323. The Hall–Kier alpha value is 0.390. The van der Waals surface area contributed by atoms with E-state index in [9.17, 15) is 4.79 Å². The lowest BCUT2D eigenvalue weighted by Gasteiger charge is -2.13.